The number of aromatic nitrogens is 1. The second-order valence-corrected chi connectivity index (χ2v) is 4.40. The van der Waals surface area contributed by atoms with Crippen LogP contribution in [0.4, 0.5) is 5.69 Å². The number of aliphatic imine (C=N–C) groups is 1. The molecule has 15 heavy (non-hydrogen) atoms. The van der Waals surface area contributed by atoms with Crippen molar-refractivity contribution in [2.75, 3.05) is 13.6 Å². The van der Waals surface area contributed by atoms with Crippen molar-refractivity contribution >= 4 is 39.6 Å². The quantitative estimate of drug-likeness (QED) is 0.485. The van der Waals surface area contributed by atoms with Gasteiger partial charge >= 0.3 is 0 Å². The molecule has 1 rings (SSSR count). The van der Waals surface area contributed by atoms with Crippen molar-refractivity contribution in [1.29, 1.82) is 0 Å². The van der Waals surface area contributed by atoms with Gasteiger partial charge < -0.3 is 4.90 Å². The molecule has 0 saturated carbocycles. The molecule has 0 aromatic carbocycles. The van der Waals surface area contributed by atoms with Crippen molar-refractivity contribution in [2.24, 2.45) is 4.99 Å². The van der Waals surface area contributed by atoms with E-state index in [2.05, 4.69) is 32.8 Å². The van der Waals surface area contributed by atoms with Gasteiger partial charge in [-0.1, -0.05) is 11.6 Å². The normalized spacial score (nSPS) is 11.0. The zero-order chi connectivity index (χ0) is 11.4. The lowest BCUT2D eigenvalue weighted by molar-refractivity contribution is 0.552. The van der Waals surface area contributed by atoms with E-state index in [1.807, 2.05) is 24.9 Å². The van der Waals surface area contributed by atoms with Gasteiger partial charge in [-0.2, -0.15) is 0 Å². The zero-order valence-corrected chi connectivity index (χ0v) is 11.3. The van der Waals surface area contributed by atoms with E-state index in [1.165, 1.54) is 0 Å². The molecule has 0 fully saturated rings. The van der Waals surface area contributed by atoms with Gasteiger partial charge in [0.1, 0.15) is 5.15 Å². The van der Waals surface area contributed by atoms with E-state index < -0.39 is 0 Å². The number of pyridine rings is 1. The average Bonchev–Trinajstić information content (AvgIpc) is 2.21. The molecule has 0 N–H and O–H groups in total. The van der Waals surface area contributed by atoms with Crippen LogP contribution in [0.2, 0.25) is 5.15 Å². The lowest BCUT2D eigenvalue weighted by atomic mass is 10.3. The summed E-state index contributed by atoms with van der Waals surface area (Å²) in [4.78, 5) is 10.5. The number of aryl methyl sites for hydroxylation is 1. The molecule has 0 unspecified atom stereocenters. The van der Waals surface area contributed by atoms with Crippen molar-refractivity contribution < 1.29 is 0 Å². The van der Waals surface area contributed by atoms with Crippen molar-refractivity contribution in [2.45, 2.75) is 13.8 Å². The number of halogens is 2. The summed E-state index contributed by atoms with van der Waals surface area (Å²) >= 11 is 9.18. The number of hydrogen-bond acceptors (Lipinski definition) is 2. The van der Waals surface area contributed by atoms with Gasteiger partial charge in [-0.05, 0) is 35.8 Å². The number of hydrogen-bond donors (Lipinski definition) is 0. The fraction of sp³-hybridized carbons (Fsp3) is 0.400. The summed E-state index contributed by atoms with van der Waals surface area (Å²) in [5.41, 5.74) is 1.65. The molecular formula is C10H13BrClN3. The van der Waals surface area contributed by atoms with E-state index in [-0.39, 0.29) is 0 Å². The van der Waals surface area contributed by atoms with Crippen LogP contribution in [0.5, 0.6) is 0 Å². The SMILES string of the molecule is CCN(C)C=Nc1cc(Br)c(Cl)nc1C. The average molecular weight is 291 g/mol. The predicted molar refractivity (Wildman–Crippen MR) is 68.1 cm³/mol. The predicted octanol–water partition coefficient (Wildman–Crippen LogP) is 3.42. The van der Waals surface area contributed by atoms with E-state index in [0.29, 0.717) is 5.15 Å². The monoisotopic (exact) mass is 289 g/mol. The molecular weight excluding hydrogens is 277 g/mol. The molecule has 3 nitrogen and oxygen atoms in total. The Morgan fingerprint density at radius 1 is 1.67 bits per heavy atom. The summed E-state index contributed by atoms with van der Waals surface area (Å²) in [7, 11) is 1.97. The largest absolute Gasteiger partial charge is 0.366 e. The van der Waals surface area contributed by atoms with Crippen molar-refractivity contribution in [3.8, 4) is 0 Å². The van der Waals surface area contributed by atoms with Gasteiger partial charge in [-0.25, -0.2) is 9.98 Å². The fourth-order valence-corrected chi connectivity index (χ4v) is 1.40. The maximum absolute atomic E-state index is 5.86. The molecule has 1 aromatic rings. The van der Waals surface area contributed by atoms with Crippen molar-refractivity contribution in [3.05, 3.63) is 21.4 Å². The molecule has 0 atom stereocenters. The smallest absolute Gasteiger partial charge is 0.143 e. The molecule has 0 spiro atoms. The van der Waals surface area contributed by atoms with Gasteiger partial charge in [0.15, 0.2) is 0 Å². The molecule has 1 heterocycles. The van der Waals surface area contributed by atoms with Crippen LogP contribution in [0.1, 0.15) is 12.6 Å². The summed E-state index contributed by atoms with van der Waals surface area (Å²) in [6, 6.07) is 1.87. The fourth-order valence-electron chi connectivity index (χ4n) is 0.915. The first kappa shape index (κ1) is 12.5. The zero-order valence-electron chi connectivity index (χ0n) is 8.96. The van der Waals surface area contributed by atoms with E-state index >= 15 is 0 Å². The van der Waals surface area contributed by atoms with Gasteiger partial charge in [-0.3, -0.25) is 0 Å². The Bertz CT molecular complexity index is 379. The van der Waals surface area contributed by atoms with Crippen LogP contribution in [-0.2, 0) is 0 Å². The highest BCUT2D eigenvalue weighted by Gasteiger charge is 2.03. The van der Waals surface area contributed by atoms with Gasteiger partial charge in [0, 0.05) is 13.6 Å². The Morgan fingerprint density at radius 3 is 2.93 bits per heavy atom. The minimum atomic E-state index is 0.468. The third-order valence-corrected chi connectivity index (χ3v) is 3.11. The van der Waals surface area contributed by atoms with Crippen molar-refractivity contribution in [3.63, 3.8) is 0 Å². The third kappa shape index (κ3) is 3.47. The molecule has 5 heteroatoms. The van der Waals surface area contributed by atoms with Crippen LogP contribution in [0.15, 0.2) is 15.5 Å². The second kappa shape index (κ2) is 5.47. The lowest BCUT2D eigenvalue weighted by Crippen LogP contribution is -2.14. The molecule has 0 bridgehead atoms. The van der Waals surface area contributed by atoms with Gasteiger partial charge in [0.25, 0.3) is 0 Å². The summed E-state index contributed by atoms with van der Waals surface area (Å²) in [6.45, 7) is 4.87. The van der Waals surface area contributed by atoms with Crippen LogP contribution in [0.3, 0.4) is 0 Å². The third-order valence-electron chi connectivity index (χ3n) is 1.99. The Labute approximate surface area is 103 Å². The summed E-state index contributed by atoms with van der Waals surface area (Å²) in [5.74, 6) is 0. The first-order chi connectivity index (χ1) is 7.04. The van der Waals surface area contributed by atoms with E-state index in [9.17, 15) is 0 Å². The maximum Gasteiger partial charge on any atom is 0.143 e. The topological polar surface area (TPSA) is 28.5 Å². The highest BCUT2D eigenvalue weighted by Crippen LogP contribution is 2.27. The lowest BCUT2D eigenvalue weighted by Gasteiger charge is -2.08. The van der Waals surface area contributed by atoms with E-state index in [1.54, 1.807) is 6.34 Å². The summed E-state index contributed by atoms with van der Waals surface area (Å²) in [6.07, 6.45) is 1.78. The van der Waals surface area contributed by atoms with Crippen LogP contribution in [0, 0.1) is 6.92 Å². The highest BCUT2D eigenvalue weighted by molar-refractivity contribution is 9.10. The number of nitrogens with zero attached hydrogens (tertiary/aromatic N) is 3. The highest BCUT2D eigenvalue weighted by atomic mass is 79.9. The van der Waals surface area contributed by atoms with Gasteiger partial charge in [-0.15, -0.1) is 0 Å². The summed E-state index contributed by atoms with van der Waals surface area (Å²) < 4.78 is 0.765. The van der Waals surface area contributed by atoms with Crippen LogP contribution in [-0.4, -0.2) is 29.8 Å². The maximum atomic E-state index is 5.86. The van der Waals surface area contributed by atoms with E-state index in [4.69, 9.17) is 11.6 Å². The van der Waals surface area contributed by atoms with Gasteiger partial charge in [0.05, 0.1) is 22.2 Å². The molecule has 0 aliphatic carbocycles. The Kier molecular flexibility index (Phi) is 4.54. The molecule has 0 aliphatic heterocycles. The molecule has 0 amide bonds. The van der Waals surface area contributed by atoms with Crippen molar-refractivity contribution in [1.82, 2.24) is 9.88 Å². The minimum Gasteiger partial charge on any atom is -0.366 e. The van der Waals surface area contributed by atoms with Crippen LogP contribution in [0.25, 0.3) is 0 Å². The molecule has 0 saturated heterocycles. The minimum absolute atomic E-state index is 0.468. The number of rotatable bonds is 3. The first-order valence-corrected chi connectivity index (χ1v) is 5.78. The molecule has 1 aromatic heterocycles. The molecule has 82 valence electrons. The van der Waals surface area contributed by atoms with Crippen LogP contribution >= 0.6 is 27.5 Å². The molecule has 0 radical (unpaired) electrons. The van der Waals surface area contributed by atoms with E-state index in [0.717, 1.165) is 22.4 Å². The van der Waals surface area contributed by atoms with Gasteiger partial charge in [0.2, 0.25) is 0 Å². The Hall–Kier alpha value is -0.610. The second-order valence-electron chi connectivity index (χ2n) is 3.18. The first-order valence-electron chi connectivity index (χ1n) is 4.61. The standard InChI is InChI=1S/C10H13BrClN3/c1-4-15(3)6-13-9-5-8(11)10(12)14-7(9)2/h5-6H,4H2,1-3H3. The molecule has 0 aliphatic rings. The Balaban J connectivity index is 2.95. The van der Waals surface area contributed by atoms with Crippen LogP contribution < -0.4 is 0 Å². The summed E-state index contributed by atoms with van der Waals surface area (Å²) in [5, 5.41) is 0.468. The Morgan fingerprint density at radius 2 is 2.33 bits per heavy atom.